The van der Waals surface area contributed by atoms with Crippen molar-refractivity contribution < 1.29 is 4.74 Å². The Hall–Kier alpha value is -1.61. The van der Waals surface area contributed by atoms with Crippen molar-refractivity contribution >= 4 is 10.9 Å². The van der Waals surface area contributed by atoms with Crippen molar-refractivity contribution in [3.8, 4) is 5.75 Å². The Labute approximate surface area is 133 Å². The Morgan fingerprint density at radius 3 is 2.68 bits per heavy atom. The van der Waals surface area contributed by atoms with Crippen molar-refractivity contribution in [3.63, 3.8) is 0 Å². The first-order valence-corrected chi connectivity index (χ1v) is 8.49. The summed E-state index contributed by atoms with van der Waals surface area (Å²) >= 11 is 0. The highest BCUT2D eigenvalue weighted by molar-refractivity contribution is 5.80. The van der Waals surface area contributed by atoms with Crippen molar-refractivity contribution in [2.24, 2.45) is 5.92 Å². The van der Waals surface area contributed by atoms with E-state index in [1.54, 1.807) is 0 Å². The molecule has 0 atom stereocenters. The molecule has 1 aliphatic rings. The summed E-state index contributed by atoms with van der Waals surface area (Å²) in [6.45, 7) is 3.10. The minimum Gasteiger partial charge on any atom is -0.490 e. The third-order valence-corrected chi connectivity index (χ3v) is 4.75. The molecule has 3 nitrogen and oxygen atoms in total. The average Bonchev–Trinajstić information content (AvgIpc) is 2.56. The molecular formula is C19H26N2O. The van der Waals surface area contributed by atoms with Crippen LogP contribution in [-0.2, 0) is 6.54 Å². The highest BCUT2D eigenvalue weighted by atomic mass is 16.5. The van der Waals surface area contributed by atoms with E-state index >= 15 is 0 Å². The predicted octanol–water partition coefficient (Wildman–Crippen LogP) is 4.30. The molecular weight excluding hydrogens is 272 g/mol. The second kappa shape index (κ2) is 7.10. The zero-order valence-corrected chi connectivity index (χ0v) is 13.6. The number of pyridine rings is 1. The van der Waals surface area contributed by atoms with E-state index in [4.69, 9.17) is 4.74 Å². The lowest BCUT2D eigenvalue weighted by atomic mass is 9.86. The van der Waals surface area contributed by atoms with E-state index in [0.29, 0.717) is 6.10 Å². The van der Waals surface area contributed by atoms with Crippen molar-refractivity contribution in [1.29, 1.82) is 0 Å². The fourth-order valence-electron chi connectivity index (χ4n) is 3.35. The fourth-order valence-corrected chi connectivity index (χ4v) is 3.35. The molecule has 1 heterocycles. The molecule has 0 aliphatic heterocycles. The van der Waals surface area contributed by atoms with Gasteiger partial charge in [-0.05, 0) is 62.9 Å². The van der Waals surface area contributed by atoms with Gasteiger partial charge in [0, 0.05) is 11.9 Å². The summed E-state index contributed by atoms with van der Waals surface area (Å²) in [6, 6.07) is 10.5. The van der Waals surface area contributed by atoms with Crippen LogP contribution in [0.2, 0.25) is 0 Å². The Kier molecular flexibility index (Phi) is 4.94. The monoisotopic (exact) mass is 298 g/mol. The third kappa shape index (κ3) is 3.58. The van der Waals surface area contributed by atoms with Gasteiger partial charge in [-0.15, -0.1) is 0 Å². The highest BCUT2D eigenvalue weighted by Gasteiger charge is 2.21. The van der Waals surface area contributed by atoms with Crippen LogP contribution in [0.5, 0.6) is 5.75 Å². The number of ether oxygens (including phenoxy) is 1. The molecule has 22 heavy (non-hydrogen) atoms. The lowest BCUT2D eigenvalue weighted by Gasteiger charge is -2.28. The van der Waals surface area contributed by atoms with Crippen molar-refractivity contribution in [2.75, 3.05) is 7.05 Å². The summed E-state index contributed by atoms with van der Waals surface area (Å²) in [5, 5.41) is 4.29. The Bertz CT molecular complexity index is 618. The van der Waals surface area contributed by atoms with Crippen molar-refractivity contribution in [3.05, 3.63) is 36.0 Å². The van der Waals surface area contributed by atoms with E-state index in [1.165, 1.54) is 32.1 Å². The number of nitrogens with one attached hydrogen (secondary N) is 1. The Morgan fingerprint density at radius 2 is 1.95 bits per heavy atom. The molecule has 0 radical (unpaired) electrons. The first-order chi connectivity index (χ1) is 10.8. The third-order valence-electron chi connectivity index (χ3n) is 4.75. The summed E-state index contributed by atoms with van der Waals surface area (Å²) in [5.41, 5.74) is 2.11. The maximum Gasteiger partial charge on any atom is 0.120 e. The van der Waals surface area contributed by atoms with E-state index in [1.807, 2.05) is 7.05 Å². The van der Waals surface area contributed by atoms with Crippen molar-refractivity contribution in [2.45, 2.75) is 51.7 Å². The lowest BCUT2D eigenvalue weighted by Crippen LogP contribution is -2.23. The number of hydrogen-bond acceptors (Lipinski definition) is 3. The smallest absolute Gasteiger partial charge is 0.120 e. The van der Waals surface area contributed by atoms with E-state index in [-0.39, 0.29) is 0 Å². The van der Waals surface area contributed by atoms with Gasteiger partial charge in [-0.3, -0.25) is 4.98 Å². The first-order valence-electron chi connectivity index (χ1n) is 8.49. The predicted molar refractivity (Wildman–Crippen MR) is 91.2 cm³/mol. The standard InChI is InChI=1S/C19H26N2O/c1-3-14-4-8-17(9-5-14)22-18-10-11-19-15(12-18)6-7-16(21-19)13-20-2/h6-7,10-12,14,17,20H,3-5,8-9,13H2,1-2H3/t14-,17+. The summed E-state index contributed by atoms with van der Waals surface area (Å²) in [4.78, 5) is 4.66. The molecule has 3 heteroatoms. The molecule has 0 saturated heterocycles. The van der Waals surface area contributed by atoms with Crippen LogP contribution in [0, 0.1) is 5.92 Å². The van der Waals surface area contributed by atoms with Gasteiger partial charge in [-0.2, -0.15) is 0 Å². The van der Waals surface area contributed by atoms with Crippen LogP contribution in [0.1, 0.15) is 44.7 Å². The van der Waals surface area contributed by atoms with Crippen LogP contribution in [0.3, 0.4) is 0 Å². The molecule has 1 aromatic carbocycles. The SMILES string of the molecule is CC[C@H]1CC[C@@H](Oc2ccc3nc(CNC)ccc3c2)CC1. The van der Waals surface area contributed by atoms with Gasteiger partial charge in [0.15, 0.2) is 0 Å². The molecule has 1 aliphatic carbocycles. The number of benzene rings is 1. The summed E-state index contributed by atoms with van der Waals surface area (Å²) in [7, 11) is 1.94. The molecule has 3 rings (SSSR count). The summed E-state index contributed by atoms with van der Waals surface area (Å²) < 4.78 is 6.19. The molecule has 1 aromatic heterocycles. The summed E-state index contributed by atoms with van der Waals surface area (Å²) in [5.74, 6) is 1.89. The molecule has 1 N–H and O–H groups in total. The van der Waals surface area contributed by atoms with Gasteiger partial charge in [0.2, 0.25) is 0 Å². The Balaban J connectivity index is 1.68. The molecule has 118 valence electrons. The number of hydrogen-bond donors (Lipinski definition) is 1. The topological polar surface area (TPSA) is 34.1 Å². The number of nitrogens with zero attached hydrogens (tertiary/aromatic N) is 1. The van der Waals surface area contributed by atoms with E-state index in [9.17, 15) is 0 Å². The van der Waals surface area contributed by atoms with Gasteiger partial charge in [0.25, 0.3) is 0 Å². The maximum atomic E-state index is 6.19. The molecule has 1 saturated carbocycles. The molecule has 0 bridgehead atoms. The lowest BCUT2D eigenvalue weighted by molar-refractivity contribution is 0.130. The second-order valence-corrected chi connectivity index (χ2v) is 6.36. The van der Waals surface area contributed by atoms with E-state index < -0.39 is 0 Å². The van der Waals surface area contributed by atoms with Crippen LogP contribution < -0.4 is 10.1 Å². The van der Waals surface area contributed by atoms with Crippen LogP contribution in [0.25, 0.3) is 10.9 Å². The highest BCUT2D eigenvalue weighted by Crippen LogP contribution is 2.30. The quantitative estimate of drug-likeness (QED) is 0.893. The minimum atomic E-state index is 0.386. The second-order valence-electron chi connectivity index (χ2n) is 6.36. The van der Waals surface area contributed by atoms with Gasteiger partial charge in [-0.1, -0.05) is 19.4 Å². The molecule has 0 unspecified atom stereocenters. The fraction of sp³-hybridized carbons (Fsp3) is 0.526. The molecule has 2 aromatic rings. The summed E-state index contributed by atoms with van der Waals surface area (Å²) in [6.07, 6.45) is 6.69. The minimum absolute atomic E-state index is 0.386. The van der Waals surface area contributed by atoms with E-state index in [2.05, 4.69) is 47.6 Å². The van der Waals surface area contributed by atoms with Gasteiger partial charge in [-0.25, -0.2) is 0 Å². The number of aromatic nitrogens is 1. The van der Waals surface area contributed by atoms with E-state index in [0.717, 1.165) is 34.8 Å². The largest absolute Gasteiger partial charge is 0.490 e. The zero-order valence-electron chi connectivity index (χ0n) is 13.6. The number of rotatable bonds is 5. The van der Waals surface area contributed by atoms with Crippen LogP contribution >= 0.6 is 0 Å². The normalized spacial score (nSPS) is 21.9. The van der Waals surface area contributed by atoms with Crippen LogP contribution in [0.4, 0.5) is 0 Å². The van der Waals surface area contributed by atoms with Crippen molar-refractivity contribution in [1.82, 2.24) is 10.3 Å². The van der Waals surface area contributed by atoms with Gasteiger partial charge >= 0.3 is 0 Å². The number of fused-ring (bicyclic) bond motifs is 1. The van der Waals surface area contributed by atoms with Gasteiger partial charge < -0.3 is 10.1 Å². The van der Waals surface area contributed by atoms with Crippen LogP contribution in [-0.4, -0.2) is 18.1 Å². The van der Waals surface area contributed by atoms with Gasteiger partial charge in [0.1, 0.15) is 5.75 Å². The molecule has 1 fully saturated rings. The average molecular weight is 298 g/mol. The van der Waals surface area contributed by atoms with Crippen LogP contribution in [0.15, 0.2) is 30.3 Å². The van der Waals surface area contributed by atoms with Gasteiger partial charge in [0.05, 0.1) is 17.3 Å². The molecule has 0 spiro atoms. The zero-order chi connectivity index (χ0) is 15.4. The first kappa shape index (κ1) is 15.3. The maximum absolute atomic E-state index is 6.19. The molecule has 0 amide bonds. The Morgan fingerprint density at radius 1 is 1.14 bits per heavy atom.